The van der Waals surface area contributed by atoms with Gasteiger partial charge in [0.1, 0.15) is 12.0 Å². The zero-order valence-electron chi connectivity index (χ0n) is 10.9. The molecule has 0 saturated carbocycles. The minimum atomic E-state index is 0.524. The van der Waals surface area contributed by atoms with Crippen LogP contribution in [0.2, 0.25) is 0 Å². The monoisotopic (exact) mass is 258 g/mol. The Kier molecular flexibility index (Phi) is 4.49. The summed E-state index contributed by atoms with van der Waals surface area (Å²) in [5.74, 6) is 1.26. The maximum Gasteiger partial charge on any atom is 0.159 e. The fourth-order valence-electron chi connectivity index (χ4n) is 1.59. The van der Waals surface area contributed by atoms with Crippen molar-refractivity contribution in [2.45, 2.75) is 19.8 Å². The number of nitrogens with one attached hydrogen (secondary N) is 2. The summed E-state index contributed by atoms with van der Waals surface area (Å²) in [4.78, 5) is 12.3. The molecular formula is C13H18N6. The van der Waals surface area contributed by atoms with Gasteiger partial charge in [-0.15, -0.1) is 0 Å². The summed E-state index contributed by atoms with van der Waals surface area (Å²) in [7, 11) is 0. The number of aromatic nitrogens is 3. The largest absolute Gasteiger partial charge is 0.393 e. The number of hydrogen-bond acceptors (Lipinski definition) is 6. The SMILES string of the molecule is CCCCNc1ncnc(Nc2ccncc2)c1N. The Balaban J connectivity index is 2.11. The lowest BCUT2D eigenvalue weighted by molar-refractivity contribution is 0.831. The average molecular weight is 258 g/mol. The molecule has 0 spiro atoms. The fraction of sp³-hybridized carbons (Fsp3) is 0.308. The molecule has 2 heterocycles. The van der Waals surface area contributed by atoms with E-state index in [1.54, 1.807) is 12.4 Å². The van der Waals surface area contributed by atoms with Crippen molar-refractivity contribution in [2.75, 3.05) is 22.9 Å². The number of nitrogens with two attached hydrogens (primary N) is 1. The number of nitrogen functional groups attached to an aromatic ring is 1. The second kappa shape index (κ2) is 6.53. The van der Waals surface area contributed by atoms with Gasteiger partial charge in [0.25, 0.3) is 0 Å². The summed E-state index contributed by atoms with van der Waals surface area (Å²) in [6, 6.07) is 3.71. The van der Waals surface area contributed by atoms with E-state index in [1.165, 1.54) is 6.33 Å². The zero-order valence-corrected chi connectivity index (χ0v) is 10.9. The molecule has 6 nitrogen and oxygen atoms in total. The lowest BCUT2D eigenvalue weighted by atomic mass is 10.3. The molecular weight excluding hydrogens is 240 g/mol. The number of rotatable bonds is 6. The van der Waals surface area contributed by atoms with Crippen LogP contribution in [0.1, 0.15) is 19.8 Å². The van der Waals surface area contributed by atoms with Gasteiger partial charge in [0.15, 0.2) is 11.6 Å². The molecule has 0 aliphatic heterocycles. The van der Waals surface area contributed by atoms with Crippen molar-refractivity contribution in [3.05, 3.63) is 30.9 Å². The van der Waals surface area contributed by atoms with Crippen LogP contribution in [-0.4, -0.2) is 21.5 Å². The Morgan fingerprint density at radius 1 is 1.16 bits per heavy atom. The predicted molar refractivity (Wildman–Crippen MR) is 77.4 cm³/mol. The van der Waals surface area contributed by atoms with Gasteiger partial charge in [-0.1, -0.05) is 13.3 Å². The zero-order chi connectivity index (χ0) is 13.5. The number of unbranched alkanes of at least 4 members (excludes halogenated alkanes) is 1. The van der Waals surface area contributed by atoms with E-state index < -0.39 is 0 Å². The molecule has 4 N–H and O–H groups in total. The first-order valence-electron chi connectivity index (χ1n) is 6.32. The average Bonchev–Trinajstić information content (AvgIpc) is 2.44. The highest BCUT2D eigenvalue weighted by Crippen LogP contribution is 2.25. The smallest absolute Gasteiger partial charge is 0.159 e. The molecule has 0 atom stereocenters. The highest BCUT2D eigenvalue weighted by atomic mass is 15.1. The third-order valence-electron chi connectivity index (χ3n) is 2.65. The molecule has 0 unspecified atom stereocenters. The van der Waals surface area contributed by atoms with Crippen molar-refractivity contribution in [1.82, 2.24) is 15.0 Å². The van der Waals surface area contributed by atoms with Crippen molar-refractivity contribution in [3.8, 4) is 0 Å². The van der Waals surface area contributed by atoms with E-state index in [-0.39, 0.29) is 0 Å². The number of hydrogen-bond donors (Lipinski definition) is 3. The Bertz CT molecular complexity index is 514. The maximum atomic E-state index is 6.05. The van der Waals surface area contributed by atoms with Crippen molar-refractivity contribution in [1.29, 1.82) is 0 Å². The summed E-state index contributed by atoms with van der Waals surface area (Å²) < 4.78 is 0. The Hall–Kier alpha value is -2.37. The molecule has 6 heteroatoms. The molecule has 0 aliphatic carbocycles. The molecule has 100 valence electrons. The molecule has 0 aromatic carbocycles. The molecule has 0 aliphatic rings. The van der Waals surface area contributed by atoms with Gasteiger partial charge < -0.3 is 16.4 Å². The van der Waals surface area contributed by atoms with E-state index in [2.05, 4.69) is 32.5 Å². The maximum absolute atomic E-state index is 6.05. The fourth-order valence-corrected chi connectivity index (χ4v) is 1.59. The second-order valence-corrected chi connectivity index (χ2v) is 4.13. The number of pyridine rings is 1. The first-order chi connectivity index (χ1) is 9.31. The van der Waals surface area contributed by atoms with E-state index in [1.807, 2.05) is 12.1 Å². The molecule has 0 bridgehead atoms. The molecule has 2 aromatic heterocycles. The van der Waals surface area contributed by atoms with Gasteiger partial charge in [-0.2, -0.15) is 0 Å². The lowest BCUT2D eigenvalue weighted by Gasteiger charge is -2.12. The molecule has 0 saturated heterocycles. The number of anilines is 4. The molecule has 0 amide bonds. The van der Waals surface area contributed by atoms with Gasteiger partial charge >= 0.3 is 0 Å². The first-order valence-corrected chi connectivity index (χ1v) is 6.32. The molecule has 19 heavy (non-hydrogen) atoms. The second-order valence-electron chi connectivity index (χ2n) is 4.13. The molecule has 2 rings (SSSR count). The molecule has 0 fully saturated rings. The van der Waals surface area contributed by atoms with Crippen molar-refractivity contribution in [3.63, 3.8) is 0 Å². The predicted octanol–water partition coefficient (Wildman–Crippen LogP) is 2.41. The van der Waals surface area contributed by atoms with Crippen LogP contribution in [0.5, 0.6) is 0 Å². The summed E-state index contributed by atoms with van der Waals surface area (Å²) in [6.07, 6.45) is 7.12. The van der Waals surface area contributed by atoms with Crippen molar-refractivity contribution >= 4 is 23.0 Å². The van der Waals surface area contributed by atoms with Crippen LogP contribution in [0.25, 0.3) is 0 Å². The van der Waals surface area contributed by atoms with Crippen LogP contribution >= 0.6 is 0 Å². The van der Waals surface area contributed by atoms with E-state index in [9.17, 15) is 0 Å². The van der Waals surface area contributed by atoms with Crippen LogP contribution in [0.15, 0.2) is 30.9 Å². The highest BCUT2D eigenvalue weighted by molar-refractivity contribution is 5.77. The summed E-state index contributed by atoms with van der Waals surface area (Å²) in [5.41, 5.74) is 7.46. The summed E-state index contributed by atoms with van der Waals surface area (Å²) >= 11 is 0. The number of nitrogens with zero attached hydrogens (tertiary/aromatic N) is 3. The molecule has 2 aromatic rings. The quantitative estimate of drug-likeness (QED) is 0.689. The van der Waals surface area contributed by atoms with Gasteiger partial charge in [-0.05, 0) is 18.6 Å². The van der Waals surface area contributed by atoms with Crippen LogP contribution < -0.4 is 16.4 Å². The minimum Gasteiger partial charge on any atom is -0.393 e. The van der Waals surface area contributed by atoms with Crippen LogP contribution in [0, 0.1) is 0 Å². The normalized spacial score (nSPS) is 10.2. The standard InChI is InChI=1S/C13H18N6/c1-2-3-6-16-12-11(14)13(18-9-17-12)19-10-4-7-15-8-5-10/h4-5,7-9H,2-3,6,14H2,1H3,(H2,15,16,17,18,19). The topological polar surface area (TPSA) is 88.8 Å². The lowest BCUT2D eigenvalue weighted by Crippen LogP contribution is -2.09. The van der Waals surface area contributed by atoms with E-state index in [0.29, 0.717) is 17.3 Å². The van der Waals surface area contributed by atoms with Gasteiger partial charge in [-0.3, -0.25) is 4.98 Å². The third-order valence-corrected chi connectivity index (χ3v) is 2.65. The van der Waals surface area contributed by atoms with Gasteiger partial charge in [-0.25, -0.2) is 9.97 Å². The molecule has 0 radical (unpaired) electrons. The first kappa shape index (κ1) is 13.1. The summed E-state index contributed by atoms with van der Waals surface area (Å²) in [5, 5.41) is 6.36. The van der Waals surface area contributed by atoms with Gasteiger partial charge in [0.05, 0.1) is 0 Å². The van der Waals surface area contributed by atoms with Gasteiger partial charge in [0.2, 0.25) is 0 Å². The van der Waals surface area contributed by atoms with Crippen LogP contribution in [0.3, 0.4) is 0 Å². The van der Waals surface area contributed by atoms with Crippen molar-refractivity contribution < 1.29 is 0 Å². The summed E-state index contributed by atoms with van der Waals surface area (Å²) in [6.45, 7) is 2.99. The van der Waals surface area contributed by atoms with E-state index >= 15 is 0 Å². The van der Waals surface area contributed by atoms with Crippen LogP contribution in [-0.2, 0) is 0 Å². The van der Waals surface area contributed by atoms with E-state index in [0.717, 1.165) is 25.1 Å². The Morgan fingerprint density at radius 3 is 2.63 bits per heavy atom. The Labute approximate surface area is 112 Å². The minimum absolute atomic E-state index is 0.524. The Morgan fingerprint density at radius 2 is 1.89 bits per heavy atom. The third kappa shape index (κ3) is 3.54. The van der Waals surface area contributed by atoms with Crippen LogP contribution in [0.4, 0.5) is 23.0 Å². The van der Waals surface area contributed by atoms with Gasteiger partial charge in [0, 0.05) is 24.6 Å². The van der Waals surface area contributed by atoms with Crippen molar-refractivity contribution in [2.24, 2.45) is 0 Å². The van der Waals surface area contributed by atoms with E-state index in [4.69, 9.17) is 5.73 Å². The highest BCUT2D eigenvalue weighted by Gasteiger charge is 2.07.